The Kier molecular flexibility index (Phi) is 5.65. The second-order valence-corrected chi connectivity index (χ2v) is 5.51. The fraction of sp³-hybridized carbons (Fsp3) is 1.00. The van der Waals surface area contributed by atoms with Gasteiger partial charge >= 0.3 is 6.18 Å². The molecule has 0 aromatic heterocycles. The van der Waals surface area contributed by atoms with Crippen molar-refractivity contribution in [3.05, 3.63) is 0 Å². The molecule has 0 aromatic rings. The zero-order chi connectivity index (χ0) is 14.6. The molecular weight excluding hydrogens is 275 g/mol. The van der Waals surface area contributed by atoms with Crippen LogP contribution in [0.2, 0.25) is 0 Å². The number of likely N-dealkylation sites (tertiary alicyclic amines) is 1. The molecule has 7 heteroatoms. The van der Waals surface area contributed by atoms with Crippen molar-refractivity contribution in [2.24, 2.45) is 5.92 Å². The molecule has 0 saturated carbocycles. The molecule has 0 aromatic carbocycles. The van der Waals surface area contributed by atoms with Crippen LogP contribution in [-0.4, -0.2) is 67.8 Å². The van der Waals surface area contributed by atoms with Gasteiger partial charge in [-0.15, -0.1) is 0 Å². The van der Waals surface area contributed by atoms with E-state index in [1.165, 1.54) is 0 Å². The molecule has 0 amide bonds. The Balaban J connectivity index is 1.75. The first-order valence-electron chi connectivity index (χ1n) is 7.12. The van der Waals surface area contributed by atoms with E-state index in [0.717, 1.165) is 19.4 Å². The third-order valence-corrected chi connectivity index (χ3v) is 4.06. The van der Waals surface area contributed by atoms with E-state index in [9.17, 15) is 18.3 Å². The van der Waals surface area contributed by atoms with Gasteiger partial charge in [-0.3, -0.25) is 4.90 Å². The fourth-order valence-corrected chi connectivity index (χ4v) is 3.10. The minimum atomic E-state index is -4.27. The number of rotatable bonds is 5. The normalized spacial score (nSPS) is 32.7. The number of aliphatic hydroxyl groups excluding tert-OH is 1. The molecule has 0 bridgehead atoms. The third kappa shape index (κ3) is 4.58. The van der Waals surface area contributed by atoms with Gasteiger partial charge in [-0.05, 0) is 25.8 Å². The Hall–Kier alpha value is -0.370. The number of ether oxygens (including phenoxy) is 2. The van der Waals surface area contributed by atoms with Gasteiger partial charge in [0.15, 0.2) is 0 Å². The van der Waals surface area contributed by atoms with Crippen LogP contribution >= 0.6 is 0 Å². The predicted octanol–water partition coefficient (Wildman–Crippen LogP) is 1.43. The van der Waals surface area contributed by atoms with Gasteiger partial charge in [-0.25, -0.2) is 0 Å². The second-order valence-electron chi connectivity index (χ2n) is 5.51. The first kappa shape index (κ1) is 16.0. The van der Waals surface area contributed by atoms with Crippen molar-refractivity contribution < 1.29 is 27.8 Å². The van der Waals surface area contributed by atoms with Gasteiger partial charge in [0, 0.05) is 25.1 Å². The molecule has 2 aliphatic heterocycles. The van der Waals surface area contributed by atoms with E-state index in [2.05, 4.69) is 9.64 Å². The SMILES string of the molecule is O[C@@H]1CCOC[C@@H]1[C@H]1CCCN1CCOCC(F)(F)F. The second kappa shape index (κ2) is 7.06. The maximum absolute atomic E-state index is 12.0. The summed E-state index contributed by atoms with van der Waals surface area (Å²) in [5, 5.41) is 10.0. The van der Waals surface area contributed by atoms with Crippen LogP contribution in [-0.2, 0) is 9.47 Å². The monoisotopic (exact) mass is 297 g/mol. The zero-order valence-corrected chi connectivity index (χ0v) is 11.4. The molecule has 0 unspecified atom stereocenters. The fourth-order valence-electron chi connectivity index (χ4n) is 3.10. The summed E-state index contributed by atoms with van der Waals surface area (Å²) >= 11 is 0. The van der Waals surface area contributed by atoms with Crippen molar-refractivity contribution in [2.45, 2.75) is 37.6 Å². The van der Waals surface area contributed by atoms with Crippen LogP contribution in [0.4, 0.5) is 13.2 Å². The largest absolute Gasteiger partial charge is 0.411 e. The Bertz CT molecular complexity index is 301. The van der Waals surface area contributed by atoms with Gasteiger partial charge in [-0.2, -0.15) is 13.2 Å². The van der Waals surface area contributed by atoms with Gasteiger partial charge in [0.2, 0.25) is 0 Å². The Labute approximate surface area is 116 Å². The highest BCUT2D eigenvalue weighted by atomic mass is 19.4. The molecular formula is C13H22F3NO3. The number of halogens is 3. The van der Waals surface area contributed by atoms with E-state index >= 15 is 0 Å². The Morgan fingerprint density at radius 3 is 2.80 bits per heavy atom. The highest BCUT2D eigenvalue weighted by Gasteiger charge is 2.37. The standard InChI is InChI=1S/C13H22F3NO3/c14-13(15,16)9-20-7-5-17-4-1-2-11(17)10-8-19-6-3-12(10)18/h10-12,18H,1-9H2/t10-,11-,12-/m1/s1. The molecule has 0 spiro atoms. The van der Waals surface area contributed by atoms with Crippen molar-refractivity contribution in [1.82, 2.24) is 4.90 Å². The molecule has 2 saturated heterocycles. The lowest BCUT2D eigenvalue weighted by molar-refractivity contribution is -0.175. The van der Waals surface area contributed by atoms with E-state index in [-0.39, 0.29) is 24.7 Å². The summed E-state index contributed by atoms with van der Waals surface area (Å²) in [6, 6.07) is 0.194. The molecule has 2 rings (SSSR count). The minimum Gasteiger partial charge on any atom is -0.393 e. The summed E-state index contributed by atoms with van der Waals surface area (Å²) < 4.78 is 46.0. The number of nitrogens with zero attached hydrogens (tertiary/aromatic N) is 1. The Morgan fingerprint density at radius 1 is 1.30 bits per heavy atom. The van der Waals surface area contributed by atoms with E-state index < -0.39 is 12.8 Å². The molecule has 20 heavy (non-hydrogen) atoms. The van der Waals surface area contributed by atoms with Crippen molar-refractivity contribution >= 4 is 0 Å². The average molecular weight is 297 g/mol. The lowest BCUT2D eigenvalue weighted by atomic mass is 9.89. The molecule has 0 radical (unpaired) electrons. The Morgan fingerprint density at radius 2 is 2.10 bits per heavy atom. The molecule has 2 fully saturated rings. The van der Waals surface area contributed by atoms with Gasteiger partial charge in [-0.1, -0.05) is 0 Å². The molecule has 1 N–H and O–H groups in total. The molecule has 3 atom stereocenters. The zero-order valence-electron chi connectivity index (χ0n) is 11.4. The van der Waals surface area contributed by atoms with E-state index in [1.807, 2.05) is 0 Å². The number of hydrogen-bond acceptors (Lipinski definition) is 4. The lowest BCUT2D eigenvalue weighted by Gasteiger charge is -2.37. The van der Waals surface area contributed by atoms with Crippen LogP contribution in [0.15, 0.2) is 0 Å². The summed E-state index contributed by atoms with van der Waals surface area (Å²) in [7, 11) is 0. The van der Waals surface area contributed by atoms with E-state index in [1.54, 1.807) is 0 Å². The number of aliphatic hydroxyl groups is 1. The summed E-state index contributed by atoms with van der Waals surface area (Å²) in [5.74, 6) is 0.0638. The van der Waals surface area contributed by atoms with Crippen LogP contribution < -0.4 is 0 Å². The molecule has 0 aliphatic carbocycles. The van der Waals surface area contributed by atoms with Crippen molar-refractivity contribution in [2.75, 3.05) is 39.5 Å². The van der Waals surface area contributed by atoms with Gasteiger partial charge in [0.25, 0.3) is 0 Å². The first-order valence-corrected chi connectivity index (χ1v) is 7.12. The van der Waals surface area contributed by atoms with Crippen molar-refractivity contribution in [3.8, 4) is 0 Å². The summed E-state index contributed by atoms with van der Waals surface area (Å²) in [6.07, 6.45) is -2.03. The summed E-state index contributed by atoms with van der Waals surface area (Å²) in [5.41, 5.74) is 0. The predicted molar refractivity (Wildman–Crippen MR) is 66.4 cm³/mol. The van der Waals surface area contributed by atoms with Gasteiger partial charge in [0.1, 0.15) is 6.61 Å². The average Bonchev–Trinajstić information content (AvgIpc) is 2.82. The van der Waals surface area contributed by atoms with E-state index in [4.69, 9.17) is 4.74 Å². The maximum atomic E-state index is 12.0. The number of alkyl halides is 3. The van der Waals surface area contributed by atoms with Crippen LogP contribution in [0.5, 0.6) is 0 Å². The quantitative estimate of drug-likeness (QED) is 0.780. The lowest BCUT2D eigenvalue weighted by Crippen LogP contribution is -2.47. The molecule has 118 valence electrons. The van der Waals surface area contributed by atoms with Crippen LogP contribution in [0.1, 0.15) is 19.3 Å². The van der Waals surface area contributed by atoms with Crippen LogP contribution in [0.25, 0.3) is 0 Å². The summed E-state index contributed by atoms with van der Waals surface area (Å²) in [4.78, 5) is 2.12. The van der Waals surface area contributed by atoms with Crippen molar-refractivity contribution in [3.63, 3.8) is 0 Å². The highest BCUT2D eigenvalue weighted by molar-refractivity contribution is 4.89. The minimum absolute atomic E-state index is 0.0638. The van der Waals surface area contributed by atoms with Gasteiger partial charge in [0.05, 0.1) is 19.3 Å². The van der Waals surface area contributed by atoms with Crippen LogP contribution in [0.3, 0.4) is 0 Å². The molecule has 2 aliphatic rings. The summed E-state index contributed by atoms with van der Waals surface area (Å²) in [6.45, 7) is 1.32. The van der Waals surface area contributed by atoms with E-state index in [0.29, 0.717) is 26.2 Å². The maximum Gasteiger partial charge on any atom is 0.411 e. The first-order chi connectivity index (χ1) is 9.47. The third-order valence-electron chi connectivity index (χ3n) is 4.06. The van der Waals surface area contributed by atoms with Crippen LogP contribution in [0, 0.1) is 5.92 Å². The smallest absolute Gasteiger partial charge is 0.393 e. The van der Waals surface area contributed by atoms with Crippen molar-refractivity contribution in [1.29, 1.82) is 0 Å². The topological polar surface area (TPSA) is 41.9 Å². The highest BCUT2D eigenvalue weighted by Crippen LogP contribution is 2.29. The number of hydrogen-bond donors (Lipinski definition) is 1. The molecule has 4 nitrogen and oxygen atoms in total. The van der Waals surface area contributed by atoms with Gasteiger partial charge < -0.3 is 14.6 Å². The molecule has 2 heterocycles.